The molecule has 1 heterocycles. The number of aromatic nitrogens is 1. The van der Waals surface area contributed by atoms with E-state index in [-0.39, 0.29) is 20.2 Å². The third-order valence-electron chi connectivity index (χ3n) is 2.36. The van der Waals surface area contributed by atoms with Gasteiger partial charge >= 0.3 is 5.97 Å². The minimum absolute atomic E-state index is 0.153. The zero-order chi connectivity index (χ0) is 13.7. The molecule has 2 aromatic rings. The van der Waals surface area contributed by atoms with Crippen LogP contribution in [0.25, 0.3) is 10.9 Å². The van der Waals surface area contributed by atoms with E-state index < -0.39 is 21.8 Å². The van der Waals surface area contributed by atoms with Crippen LogP contribution in [0.15, 0.2) is 18.2 Å². The molecule has 96 valence electrons. The lowest BCUT2D eigenvalue weighted by Crippen LogP contribution is -2.17. The molecule has 0 spiro atoms. The summed E-state index contributed by atoms with van der Waals surface area (Å²) < 4.78 is 37.4. The van der Waals surface area contributed by atoms with E-state index in [9.17, 15) is 17.6 Å². The molecule has 0 unspecified atom stereocenters. The first-order valence-electron chi connectivity index (χ1n) is 4.67. The summed E-state index contributed by atoms with van der Waals surface area (Å²) in [5, 5.41) is 9.36. The van der Waals surface area contributed by atoms with E-state index in [1.165, 1.54) is 6.07 Å². The Bertz CT molecular complexity index is 766. The maximum absolute atomic E-state index is 13.1. The lowest BCUT2D eigenvalue weighted by Gasteiger charge is -2.04. The van der Waals surface area contributed by atoms with Crippen molar-refractivity contribution in [2.45, 2.75) is 0 Å². The second kappa shape index (κ2) is 4.19. The van der Waals surface area contributed by atoms with Crippen molar-refractivity contribution in [2.24, 2.45) is 0 Å². The van der Waals surface area contributed by atoms with E-state index in [1.807, 2.05) is 0 Å². The van der Waals surface area contributed by atoms with Gasteiger partial charge in [0.05, 0.1) is 15.3 Å². The number of hydrogen-bond donors (Lipinski definition) is 1. The van der Waals surface area contributed by atoms with Gasteiger partial charge in [0.2, 0.25) is 10.0 Å². The topological polar surface area (TPSA) is 76.4 Å². The van der Waals surface area contributed by atoms with E-state index >= 15 is 0 Å². The predicted molar refractivity (Wildman–Crippen MR) is 71.8 cm³/mol. The molecule has 0 aliphatic carbocycles. The van der Waals surface area contributed by atoms with Crippen LogP contribution in [-0.2, 0) is 10.0 Å². The Morgan fingerprint density at radius 2 is 2.06 bits per heavy atom. The van der Waals surface area contributed by atoms with Gasteiger partial charge in [-0.05, 0) is 40.8 Å². The molecule has 0 bridgehead atoms. The molecule has 0 atom stereocenters. The standard InChI is InChI=1S/C10H7FINO4S/c1-18(16,17)13-7-3-2-5(11)4-6(7)8(12)9(13)10(14)15/h2-4H,1H3,(H,14,15). The molecule has 0 saturated carbocycles. The summed E-state index contributed by atoms with van der Waals surface area (Å²) in [5.41, 5.74) is -0.223. The summed E-state index contributed by atoms with van der Waals surface area (Å²) in [6.07, 6.45) is 0.901. The highest BCUT2D eigenvalue weighted by molar-refractivity contribution is 14.1. The molecular weight excluding hydrogens is 376 g/mol. The molecule has 5 nitrogen and oxygen atoms in total. The number of hydrogen-bond acceptors (Lipinski definition) is 3. The molecule has 0 saturated heterocycles. The van der Waals surface area contributed by atoms with E-state index in [0.717, 1.165) is 18.4 Å². The number of carboxylic acid groups (broad SMARTS) is 1. The van der Waals surface area contributed by atoms with Gasteiger partial charge in [0.15, 0.2) is 5.69 Å². The van der Waals surface area contributed by atoms with Gasteiger partial charge in [-0.2, -0.15) is 0 Å². The van der Waals surface area contributed by atoms with Crippen LogP contribution in [0.3, 0.4) is 0 Å². The number of halogens is 2. The molecule has 2 rings (SSSR count). The Balaban J connectivity index is 3.07. The molecule has 18 heavy (non-hydrogen) atoms. The fourth-order valence-electron chi connectivity index (χ4n) is 1.72. The van der Waals surface area contributed by atoms with E-state index in [0.29, 0.717) is 3.97 Å². The first-order valence-corrected chi connectivity index (χ1v) is 7.59. The normalized spacial score (nSPS) is 11.9. The summed E-state index contributed by atoms with van der Waals surface area (Å²) in [6.45, 7) is 0. The Labute approximate surface area is 115 Å². The van der Waals surface area contributed by atoms with Crippen LogP contribution < -0.4 is 0 Å². The van der Waals surface area contributed by atoms with Gasteiger partial charge in [-0.3, -0.25) is 0 Å². The first kappa shape index (κ1) is 13.3. The zero-order valence-electron chi connectivity index (χ0n) is 9.02. The molecule has 1 aromatic carbocycles. The second-order valence-electron chi connectivity index (χ2n) is 3.66. The smallest absolute Gasteiger partial charge is 0.354 e. The number of nitrogens with zero attached hydrogens (tertiary/aromatic N) is 1. The van der Waals surface area contributed by atoms with Gasteiger partial charge in [0.25, 0.3) is 0 Å². The summed E-state index contributed by atoms with van der Waals surface area (Å²) in [4.78, 5) is 11.2. The van der Waals surface area contributed by atoms with Crippen LogP contribution in [0.4, 0.5) is 4.39 Å². The summed E-state index contributed by atoms with van der Waals surface area (Å²) in [5.74, 6) is -1.93. The van der Waals surface area contributed by atoms with E-state index in [2.05, 4.69) is 0 Å². The molecule has 0 aliphatic rings. The van der Waals surface area contributed by atoms with Gasteiger partial charge in [0.1, 0.15) is 5.82 Å². The summed E-state index contributed by atoms with van der Waals surface area (Å²) >= 11 is 1.70. The van der Waals surface area contributed by atoms with E-state index in [1.54, 1.807) is 22.6 Å². The fraction of sp³-hybridized carbons (Fsp3) is 0.100. The van der Waals surface area contributed by atoms with Gasteiger partial charge in [0, 0.05) is 5.39 Å². The quantitative estimate of drug-likeness (QED) is 0.804. The van der Waals surface area contributed by atoms with Crippen molar-refractivity contribution < 1.29 is 22.7 Å². The second-order valence-corrected chi connectivity index (χ2v) is 6.57. The Hall–Kier alpha value is -1.16. The molecule has 0 radical (unpaired) electrons. The predicted octanol–water partition coefficient (Wildman–Crippen LogP) is 1.89. The van der Waals surface area contributed by atoms with Crippen molar-refractivity contribution in [3.8, 4) is 0 Å². The molecule has 1 aromatic heterocycles. The number of aromatic carboxylic acids is 1. The van der Waals surface area contributed by atoms with Crippen LogP contribution in [0.2, 0.25) is 0 Å². The van der Waals surface area contributed by atoms with Gasteiger partial charge < -0.3 is 5.11 Å². The van der Waals surface area contributed by atoms with Crippen LogP contribution in [0.5, 0.6) is 0 Å². The third kappa shape index (κ3) is 1.99. The summed E-state index contributed by atoms with van der Waals surface area (Å²) in [6, 6.07) is 3.46. The maximum Gasteiger partial charge on any atom is 0.354 e. The molecular formula is C10H7FINO4S. The van der Waals surface area contributed by atoms with E-state index in [4.69, 9.17) is 5.11 Å². The summed E-state index contributed by atoms with van der Waals surface area (Å²) in [7, 11) is -3.79. The van der Waals surface area contributed by atoms with Crippen LogP contribution in [0.1, 0.15) is 10.5 Å². The highest BCUT2D eigenvalue weighted by Crippen LogP contribution is 2.29. The number of benzene rings is 1. The number of carbonyl (C=O) groups is 1. The monoisotopic (exact) mass is 383 g/mol. The van der Waals surface area contributed by atoms with Gasteiger partial charge in [-0.1, -0.05) is 0 Å². The lowest BCUT2D eigenvalue weighted by atomic mass is 10.2. The first-order chi connectivity index (χ1) is 8.23. The highest BCUT2D eigenvalue weighted by atomic mass is 127. The average molecular weight is 383 g/mol. The molecule has 0 aliphatic heterocycles. The van der Waals surface area contributed by atoms with Crippen molar-refractivity contribution in [3.63, 3.8) is 0 Å². The molecule has 8 heteroatoms. The van der Waals surface area contributed by atoms with Crippen LogP contribution in [-0.4, -0.2) is 29.7 Å². The molecule has 0 amide bonds. The van der Waals surface area contributed by atoms with Gasteiger partial charge in [-0.15, -0.1) is 0 Å². The van der Waals surface area contributed by atoms with Crippen LogP contribution >= 0.6 is 22.6 Å². The van der Waals surface area contributed by atoms with Crippen molar-refractivity contribution >= 4 is 49.5 Å². The van der Waals surface area contributed by atoms with Crippen molar-refractivity contribution in [1.29, 1.82) is 0 Å². The SMILES string of the molecule is CS(=O)(=O)n1c(C(=O)O)c(I)c2cc(F)ccc21. The van der Waals surface area contributed by atoms with Gasteiger partial charge in [-0.25, -0.2) is 21.6 Å². The number of fused-ring (bicyclic) bond motifs is 1. The Morgan fingerprint density at radius 1 is 1.44 bits per heavy atom. The Kier molecular flexibility index (Phi) is 3.09. The Morgan fingerprint density at radius 3 is 2.56 bits per heavy atom. The number of carboxylic acids is 1. The van der Waals surface area contributed by atoms with Crippen LogP contribution in [0, 0.1) is 9.39 Å². The largest absolute Gasteiger partial charge is 0.477 e. The fourth-order valence-corrected chi connectivity index (χ4v) is 3.81. The third-order valence-corrected chi connectivity index (χ3v) is 4.49. The minimum atomic E-state index is -3.79. The highest BCUT2D eigenvalue weighted by Gasteiger charge is 2.26. The van der Waals surface area contributed by atoms with Crippen molar-refractivity contribution in [2.75, 3.05) is 6.26 Å². The maximum atomic E-state index is 13.1. The molecule has 1 N–H and O–H groups in total. The lowest BCUT2D eigenvalue weighted by molar-refractivity contribution is 0.0688. The zero-order valence-corrected chi connectivity index (χ0v) is 12.0. The van der Waals surface area contributed by atoms with Crippen molar-refractivity contribution in [1.82, 2.24) is 3.97 Å². The van der Waals surface area contributed by atoms with Crippen molar-refractivity contribution in [3.05, 3.63) is 33.3 Å². The molecule has 0 fully saturated rings. The number of rotatable bonds is 2. The minimum Gasteiger partial charge on any atom is -0.477 e. The average Bonchev–Trinajstić information content (AvgIpc) is 2.51.